The Bertz CT molecular complexity index is 778. The summed E-state index contributed by atoms with van der Waals surface area (Å²) in [5.41, 5.74) is 4.19. The van der Waals surface area contributed by atoms with Gasteiger partial charge in [-0.05, 0) is 42.3 Å². The van der Waals surface area contributed by atoms with E-state index in [1.807, 2.05) is 36.4 Å². The second-order valence-corrected chi connectivity index (χ2v) is 4.77. The zero-order valence-electron chi connectivity index (χ0n) is 11.9. The number of fused-ring (bicyclic) bond motifs is 1. The van der Waals surface area contributed by atoms with Crippen molar-refractivity contribution in [3.8, 4) is 29.5 Å². The van der Waals surface area contributed by atoms with Crippen molar-refractivity contribution in [2.24, 2.45) is 0 Å². The largest absolute Gasteiger partial charge is 0.481 e. The number of hydrogen-bond acceptors (Lipinski definition) is 2. The van der Waals surface area contributed by atoms with Crippen molar-refractivity contribution in [3.63, 3.8) is 0 Å². The number of aromatic nitrogens is 2. The van der Waals surface area contributed by atoms with E-state index in [-0.39, 0.29) is 6.61 Å². The number of H-pyrrole nitrogens is 1. The Balaban J connectivity index is 2.00. The van der Waals surface area contributed by atoms with Crippen molar-refractivity contribution in [2.45, 2.75) is 13.3 Å². The number of nitrogens with one attached hydrogen (secondary N) is 1. The fourth-order valence-electron chi connectivity index (χ4n) is 2.35. The maximum atomic E-state index is 5.56. The molecule has 0 saturated heterocycles. The molecule has 0 saturated carbocycles. The van der Waals surface area contributed by atoms with Crippen LogP contribution in [0.3, 0.4) is 0 Å². The van der Waals surface area contributed by atoms with Crippen LogP contribution >= 0.6 is 0 Å². The molecule has 0 amide bonds. The molecule has 0 unspecified atom stereocenters. The molecule has 3 aromatic rings. The Hall–Kier alpha value is -2.73. The molecule has 3 rings (SSSR count). The quantitative estimate of drug-likeness (QED) is 0.736. The van der Waals surface area contributed by atoms with E-state index in [9.17, 15) is 0 Å². The first-order chi connectivity index (χ1) is 10.3. The number of ether oxygens (including phenoxy) is 1. The number of rotatable bonds is 4. The van der Waals surface area contributed by atoms with Crippen molar-refractivity contribution in [1.29, 1.82) is 0 Å². The van der Waals surface area contributed by atoms with E-state index in [1.54, 1.807) is 0 Å². The number of aromatic amines is 1. The Morgan fingerprint density at radius 2 is 2.10 bits per heavy atom. The van der Waals surface area contributed by atoms with E-state index in [2.05, 4.69) is 28.9 Å². The van der Waals surface area contributed by atoms with Crippen LogP contribution in [-0.4, -0.2) is 16.6 Å². The summed E-state index contributed by atoms with van der Waals surface area (Å²) < 4.78 is 5.56. The third kappa shape index (κ3) is 2.61. The van der Waals surface area contributed by atoms with Gasteiger partial charge in [0.25, 0.3) is 0 Å². The summed E-state index contributed by atoms with van der Waals surface area (Å²) in [6.45, 7) is 2.39. The molecule has 0 spiro atoms. The minimum atomic E-state index is 0.289. The molecule has 1 aromatic heterocycles. The summed E-state index contributed by atoms with van der Waals surface area (Å²) in [6.07, 6.45) is 6.12. The van der Waals surface area contributed by atoms with Gasteiger partial charge in [-0.15, -0.1) is 6.42 Å². The second-order valence-electron chi connectivity index (χ2n) is 4.77. The average Bonchev–Trinajstić information content (AvgIpc) is 2.96. The number of nitrogens with zero attached hydrogens (tertiary/aromatic N) is 1. The highest BCUT2D eigenvalue weighted by atomic mass is 16.5. The van der Waals surface area contributed by atoms with Crippen LogP contribution in [0.2, 0.25) is 0 Å². The van der Waals surface area contributed by atoms with E-state index in [0.717, 1.165) is 40.2 Å². The first-order valence-corrected chi connectivity index (χ1v) is 6.96. The molecule has 0 fully saturated rings. The number of hydrogen-bond donors (Lipinski definition) is 1. The lowest BCUT2D eigenvalue weighted by Crippen LogP contribution is -1.97. The van der Waals surface area contributed by atoms with Gasteiger partial charge in [-0.2, -0.15) is 0 Å². The molecule has 0 radical (unpaired) electrons. The van der Waals surface area contributed by atoms with Crippen molar-refractivity contribution >= 4 is 11.0 Å². The fourth-order valence-corrected chi connectivity index (χ4v) is 2.35. The maximum absolute atomic E-state index is 5.56. The Morgan fingerprint density at radius 1 is 1.24 bits per heavy atom. The standard InChI is InChI=1S/C18H16N2O/c1-3-11-21-17-10-9-14(12-13(17)4-2)18-19-15-7-5-6-8-16(15)20-18/h1,5-10,12H,4,11H2,2H3,(H,19,20). The maximum Gasteiger partial charge on any atom is 0.148 e. The molecule has 0 aliphatic carbocycles. The highest BCUT2D eigenvalue weighted by molar-refractivity contribution is 5.79. The van der Waals surface area contributed by atoms with E-state index < -0.39 is 0 Å². The van der Waals surface area contributed by atoms with Gasteiger partial charge in [0.1, 0.15) is 18.2 Å². The van der Waals surface area contributed by atoms with Crippen molar-refractivity contribution in [2.75, 3.05) is 6.61 Å². The number of para-hydroxylation sites is 2. The lowest BCUT2D eigenvalue weighted by Gasteiger charge is -2.09. The van der Waals surface area contributed by atoms with Gasteiger partial charge in [0.2, 0.25) is 0 Å². The molecule has 0 aliphatic heterocycles. The van der Waals surface area contributed by atoms with Crippen molar-refractivity contribution in [3.05, 3.63) is 48.0 Å². The molecular formula is C18H16N2O. The third-order valence-electron chi connectivity index (χ3n) is 3.42. The molecule has 21 heavy (non-hydrogen) atoms. The fraction of sp³-hybridized carbons (Fsp3) is 0.167. The van der Waals surface area contributed by atoms with Gasteiger partial charge in [0.15, 0.2) is 0 Å². The van der Waals surface area contributed by atoms with E-state index in [0.29, 0.717) is 0 Å². The average molecular weight is 276 g/mol. The van der Waals surface area contributed by atoms with E-state index >= 15 is 0 Å². The number of aryl methyl sites for hydroxylation is 1. The number of imidazole rings is 1. The van der Waals surface area contributed by atoms with E-state index in [4.69, 9.17) is 11.2 Å². The Morgan fingerprint density at radius 3 is 2.86 bits per heavy atom. The lowest BCUT2D eigenvalue weighted by atomic mass is 10.1. The normalized spacial score (nSPS) is 10.5. The number of terminal acetylenes is 1. The molecule has 104 valence electrons. The van der Waals surface area contributed by atoms with E-state index in [1.165, 1.54) is 0 Å². The minimum Gasteiger partial charge on any atom is -0.481 e. The first-order valence-electron chi connectivity index (χ1n) is 6.96. The molecule has 3 heteroatoms. The van der Waals surface area contributed by atoms with Crippen LogP contribution in [0, 0.1) is 12.3 Å². The van der Waals surface area contributed by atoms with Gasteiger partial charge < -0.3 is 9.72 Å². The monoisotopic (exact) mass is 276 g/mol. The summed E-state index contributed by atoms with van der Waals surface area (Å²) in [4.78, 5) is 7.96. The zero-order valence-corrected chi connectivity index (χ0v) is 11.9. The summed E-state index contributed by atoms with van der Waals surface area (Å²) in [5, 5.41) is 0. The highest BCUT2D eigenvalue weighted by Gasteiger charge is 2.08. The second kappa shape index (κ2) is 5.72. The molecule has 0 aliphatic rings. The SMILES string of the molecule is C#CCOc1ccc(-c2nc3ccccc3[nH]2)cc1CC. The molecule has 0 bridgehead atoms. The van der Waals surface area contributed by atoms with Crippen LogP contribution in [0.5, 0.6) is 5.75 Å². The molecule has 2 aromatic carbocycles. The van der Waals surface area contributed by atoms with Crippen LogP contribution in [0.15, 0.2) is 42.5 Å². The summed E-state index contributed by atoms with van der Waals surface area (Å²) >= 11 is 0. The number of benzene rings is 2. The highest BCUT2D eigenvalue weighted by Crippen LogP contribution is 2.27. The third-order valence-corrected chi connectivity index (χ3v) is 3.42. The van der Waals surface area contributed by atoms with Crippen LogP contribution in [0.4, 0.5) is 0 Å². The van der Waals surface area contributed by atoms with Gasteiger partial charge in [0.05, 0.1) is 11.0 Å². The summed E-state index contributed by atoms with van der Waals surface area (Å²) in [6, 6.07) is 14.1. The molecule has 1 N–H and O–H groups in total. The lowest BCUT2D eigenvalue weighted by molar-refractivity contribution is 0.366. The molecule has 0 atom stereocenters. The molecule has 1 heterocycles. The van der Waals surface area contributed by atoms with Gasteiger partial charge in [-0.25, -0.2) is 4.98 Å². The first kappa shape index (κ1) is 13.3. The Kier molecular flexibility index (Phi) is 3.61. The topological polar surface area (TPSA) is 37.9 Å². The Labute approximate surface area is 124 Å². The summed E-state index contributed by atoms with van der Waals surface area (Å²) in [7, 11) is 0. The van der Waals surface area contributed by atoms with Crippen molar-refractivity contribution in [1.82, 2.24) is 9.97 Å². The predicted octanol–water partition coefficient (Wildman–Crippen LogP) is 3.80. The zero-order chi connectivity index (χ0) is 14.7. The van der Waals surface area contributed by atoms with Gasteiger partial charge in [0, 0.05) is 5.56 Å². The van der Waals surface area contributed by atoms with Crippen LogP contribution in [0.25, 0.3) is 22.4 Å². The van der Waals surface area contributed by atoms with Crippen LogP contribution in [0.1, 0.15) is 12.5 Å². The van der Waals surface area contributed by atoms with Crippen molar-refractivity contribution < 1.29 is 4.74 Å². The van der Waals surface area contributed by atoms with Gasteiger partial charge in [-0.1, -0.05) is 25.0 Å². The molecular weight excluding hydrogens is 260 g/mol. The smallest absolute Gasteiger partial charge is 0.148 e. The molecule has 3 nitrogen and oxygen atoms in total. The predicted molar refractivity (Wildman–Crippen MR) is 85.2 cm³/mol. The summed E-state index contributed by atoms with van der Waals surface area (Å²) in [5.74, 6) is 4.20. The minimum absolute atomic E-state index is 0.289. The van der Waals surface area contributed by atoms with Gasteiger partial charge >= 0.3 is 0 Å². The van der Waals surface area contributed by atoms with Gasteiger partial charge in [-0.3, -0.25) is 0 Å². The van der Waals surface area contributed by atoms with Crippen LogP contribution < -0.4 is 4.74 Å². The van der Waals surface area contributed by atoms with Crippen LogP contribution in [-0.2, 0) is 6.42 Å².